The smallest absolute Gasteiger partial charge is 0.236 e. The van der Waals surface area contributed by atoms with E-state index >= 15 is 0 Å². The second kappa shape index (κ2) is 8.25. The van der Waals surface area contributed by atoms with Gasteiger partial charge in [0, 0.05) is 71.3 Å². The van der Waals surface area contributed by atoms with Crippen molar-refractivity contribution < 1.29 is 4.79 Å². The van der Waals surface area contributed by atoms with Gasteiger partial charge in [0.15, 0.2) is 0 Å². The highest BCUT2D eigenvalue weighted by Gasteiger charge is 2.39. The first-order valence-corrected chi connectivity index (χ1v) is 9.30. The quantitative estimate of drug-likeness (QED) is 0.773. The van der Waals surface area contributed by atoms with E-state index in [2.05, 4.69) is 38.9 Å². The molecule has 0 aliphatic carbocycles. The Morgan fingerprint density at radius 2 is 1.84 bits per heavy atom. The molecule has 0 bridgehead atoms. The van der Waals surface area contributed by atoms with Crippen LogP contribution in [0.25, 0.3) is 0 Å². The third-order valence-corrected chi connectivity index (χ3v) is 5.66. The second-order valence-electron chi connectivity index (χ2n) is 7.58. The van der Waals surface area contributed by atoms with Gasteiger partial charge in [-0.25, -0.2) is 0 Å². The van der Waals surface area contributed by atoms with Gasteiger partial charge in [-0.2, -0.15) is 0 Å². The molecule has 3 rings (SSSR count). The third-order valence-electron chi connectivity index (χ3n) is 5.66. The summed E-state index contributed by atoms with van der Waals surface area (Å²) in [4.78, 5) is 25.6. The molecule has 0 radical (unpaired) electrons. The van der Waals surface area contributed by atoms with Crippen molar-refractivity contribution in [2.45, 2.75) is 24.9 Å². The Morgan fingerprint density at radius 1 is 1.16 bits per heavy atom. The molecule has 0 saturated carbocycles. The van der Waals surface area contributed by atoms with Crippen molar-refractivity contribution in [3.63, 3.8) is 0 Å². The van der Waals surface area contributed by atoms with Crippen LogP contribution in [0.5, 0.6) is 0 Å². The average molecular weight is 345 g/mol. The van der Waals surface area contributed by atoms with Gasteiger partial charge in [0.2, 0.25) is 5.91 Å². The van der Waals surface area contributed by atoms with E-state index in [1.165, 1.54) is 5.56 Å². The van der Waals surface area contributed by atoms with Crippen molar-refractivity contribution in [2.24, 2.45) is 0 Å². The zero-order chi connectivity index (χ0) is 17.8. The first-order chi connectivity index (χ1) is 12.0. The summed E-state index contributed by atoms with van der Waals surface area (Å²) in [5.74, 6) is 0.193. The molecule has 1 aromatic heterocycles. The molecule has 1 aromatic rings. The summed E-state index contributed by atoms with van der Waals surface area (Å²) in [5.41, 5.74) is 1.31. The van der Waals surface area contributed by atoms with Crippen molar-refractivity contribution in [2.75, 3.05) is 60.4 Å². The lowest BCUT2D eigenvalue weighted by molar-refractivity contribution is -0.130. The fraction of sp³-hybridized carbons (Fsp3) is 0.684. The Kier molecular flexibility index (Phi) is 6.04. The zero-order valence-corrected chi connectivity index (χ0v) is 15.8. The minimum Gasteiger partial charge on any atom is -0.348 e. The first kappa shape index (κ1) is 18.3. The molecule has 3 heterocycles. The molecule has 0 spiro atoms. The first-order valence-electron chi connectivity index (χ1n) is 9.30. The SMILES string of the molecule is CN1CCN([C@@H]2CCN(CC(=O)N(C)C)[C@@H]2Cc2ccncc2)CC1. The fourth-order valence-corrected chi connectivity index (χ4v) is 4.02. The van der Waals surface area contributed by atoms with Gasteiger partial charge in [-0.1, -0.05) is 0 Å². The topological polar surface area (TPSA) is 42.9 Å². The van der Waals surface area contributed by atoms with E-state index in [0.717, 1.165) is 45.6 Å². The minimum absolute atomic E-state index is 0.193. The summed E-state index contributed by atoms with van der Waals surface area (Å²) in [7, 11) is 5.88. The molecule has 2 aliphatic heterocycles. The van der Waals surface area contributed by atoms with Gasteiger partial charge in [0.05, 0.1) is 6.54 Å². The highest BCUT2D eigenvalue weighted by Crippen LogP contribution is 2.27. The number of piperazine rings is 1. The van der Waals surface area contributed by atoms with Crippen molar-refractivity contribution in [1.82, 2.24) is 24.6 Å². The number of hydrogen-bond acceptors (Lipinski definition) is 5. The lowest BCUT2D eigenvalue weighted by Gasteiger charge is -2.40. The van der Waals surface area contributed by atoms with Crippen LogP contribution in [0.4, 0.5) is 0 Å². The highest BCUT2D eigenvalue weighted by atomic mass is 16.2. The van der Waals surface area contributed by atoms with Gasteiger partial charge in [0.25, 0.3) is 0 Å². The standard InChI is InChI=1S/C19H31N5O/c1-21(2)19(25)15-24-9-6-17(23-12-10-22(3)11-13-23)18(24)14-16-4-7-20-8-5-16/h4-5,7-8,17-18H,6,9-15H2,1-3H3/t17-,18-/m1/s1. The van der Waals surface area contributed by atoms with Gasteiger partial charge >= 0.3 is 0 Å². The van der Waals surface area contributed by atoms with Gasteiger partial charge in [-0.3, -0.25) is 19.6 Å². The molecule has 0 N–H and O–H groups in total. The largest absolute Gasteiger partial charge is 0.348 e. The van der Waals surface area contributed by atoms with Crippen molar-refractivity contribution in [3.05, 3.63) is 30.1 Å². The summed E-state index contributed by atoms with van der Waals surface area (Å²) in [6.07, 6.45) is 5.87. The molecule has 2 aliphatic rings. The van der Waals surface area contributed by atoms with Crippen LogP contribution in [0.15, 0.2) is 24.5 Å². The van der Waals surface area contributed by atoms with Crippen molar-refractivity contribution >= 4 is 5.91 Å². The predicted octanol–water partition coefficient (Wildman–Crippen LogP) is 0.403. The highest BCUT2D eigenvalue weighted by molar-refractivity contribution is 5.77. The minimum atomic E-state index is 0.193. The molecule has 6 nitrogen and oxygen atoms in total. The summed E-state index contributed by atoms with van der Waals surface area (Å²) in [5, 5.41) is 0. The lowest BCUT2D eigenvalue weighted by atomic mass is 9.98. The number of pyridine rings is 1. The second-order valence-corrected chi connectivity index (χ2v) is 7.58. The summed E-state index contributed by atoms with van der Waals surface area (Å²) < 4.78 is 0. The van der Waals surface area contributed by atoms with E-state index in [-0.39, 0.29) is 5.91 Å². The number of carbonyl (C=O) groups excluding carboxylic acids is 1. The fourth-order valence-electron chi connectivity index (χ4n) is 4.02. The maximum absolute atomic E-state index is 12.3. The van der Waals surface area contributed by atoms with Gasteiger partial charge in [-0.05, 0) is 37.6 Å². The van der Waals surface area contributed by atoms with Gasteiger partial charge in [0.1, 0.15) is 0 Å². The van der Waals surface area contributed by atoms with Crippen LogP contribution < -0.4 is 0 Å². The van der Waals surface area contributed by atoms with E-state index in [1.54, 1.807) is 4.90 Å². The van der Waals surface area contributed by atoms with Crippen LogP contribution in [0.1, 0.15) is 12.0 Å². The number of likely N-dealkylation sites (tertiary alicyclic amines) is 1. The third kappa shape index (κ3) is 4.57. The number of nitrogens with zero attached hydrogens (tertiary/aromatic N) is 5. The van der Waals surface area contributed by atoms with Crippen molar-refractivity contribution in [1.29, 1.82) is 0 Å². The number of aromatic nitrogens is 1. The molecule has 2 fully saturated rings. The van der Waals surface area contributed by atoms with Crippen LogP contribution >= 0.6 is 0 Å². The zero-order valence-electron chi connectivity index (χ0n) is 15.8. The van der Waals surface area contributed by atoms with E-state index in [1.807, 2.05) is 26.5 Å². The van der Waals surface area contributed by atoms with E-state index in [4.69, 9.17) is 0 Å². The summed E-state index contributed by atoms with van der Waals surface area (Å²) in [6.45, 7) is 6.05. The normalized spacial score (nSPS) is 26.0. The lowest BCUT2D eigenvalue weighted by Crippen LogP contribution is -2.54. The number of hydrogen-bond donors (Lipinski definition) is 0. The number of likely N-dealkylation sites (N-methyl/N-ethyl adjacent to an activating group) is 2. The van der Waals surface area contributed by atoms with Gasteiger partial charge < -0.3 is 9.80 Å². The maximum atomic E-state index is 12.3. The van der Waals surface area contributed by atoms with E-state index in [0.29, 0.717) is 18.6 Å². The Morgan fingerprint density at radius 3 is 2.48 bits per heavy atom. The Hall–Kier alpha value is -1.50. The molecule has 1 amide bonds. The molecule has 6 heteroatoms. The van der Waals surface area contributed by atoms with Crippen LogP contribution in [0.3, 0.4) is 0 Å². The summed E-state index contributed by atoms with van der Waals surface area (Å²) in [6, 6.07) is 5.14. The van der Waals surface area contributed by atoms with Crippen LogP contribution in [-0.4, -0.2) is 103 Å². The maximum Gasteiger partial charge on any atom is 0.236 e. The molecule has 0 unspecified atom stereocenters. The Labute approximate surface area is 151 Å². The van der Waals surface area contributed by atoms with Crippen LogP contribution in [0.2, 0.25) is 0 Å². The van der Waals surface area contributed by atoms with Gasteiger partial charge in [-0.15, -0.1) is 0 Å². The molecule has 0 aromatic carbocycles. The molecular weight excluding hydrogens is 314 g/mol. The molecule has 2 saturated heterocycles. The molecular formula is C19H31N5O. The van der Waals surface area contributed by atoms with E-state index < -0.39 is 0 Å². The summed E-state index contributed by atoms with van der Waals surface area (Å²) >= 11 is 0. The van der Waals surface area contributed by atoms with Crippen molar-refractivity contribution in [3.8, 4) is 0 Å². The monoisotopic (exact) mass is 345 g/mol. The van der Waals surface area contributed by atoms with Crippen LogP contribution in [0, 0.1) is 0 Å². The average Bonchev–Trinajstić information content (AvgIpc) is 2.99. The number of rotatable bonds is 5. The molecule has 2 atom stereocenters. The Balaban J connectivity index is 1.73. The predicted molar refractivity (Wildman–Crippen MR) is 99.5 cm³/mol. The molecule has 138 valence electrons. The number of carbonyl (C=O) groups is 1. The van der Waals surface area contributed by atoms with Crippen LogP contribution in [-0.2, 0) is 11.2 Å². The number of amides is 1. The Bertz CT molecular complexity index is 556. The molecule has 25 heavy (non-hydrogen) atoms. The van der Waals surface area contributed by atoms with E-state index in [9.17, 15) is 4.79 Å².